The van der Waals surface area contributed by atoms with E-state index in [1.807, 2.05) is 68.7 Å². The Kier molecular flexibility index (Phi) is 7.23. The average Bonchev–Trinajstić information content (AvgIpc) is 3.12. The van der Waals surface area contributed by atoms with Gasteiger partial charge in [-0.1, -0.05) is 46.3 Å². The van der Waals surface area contributed by atoms with Crippen LogP contribution in [0.1, 0.15) is 16.7 Å². The molecule has 0 saturated carbocycles. The first-order valence-electron chi connectivity index (χ1n) is 11.1. The number of nitrogens with zero attached hydrogens (tertiary/aromatic N) is 2. The highest BCUT2D eigenvalue weighted by atomic mass is 79.9. The first kappa shape index (κ1) is 24.5. The molecular weight excluding hydrogens is 508 g/mol. The maximum Gasteiger partial charge on any atom is 0.323 e. The van der Waals surface area contributed by atoms with Gasteiger partial charge in [0.15, 0.2) is 0 Å². The Morgan fingerprint density at radius 1 is 1.00 bits per heavy atom. The molecule has 0 atom stereocenters. The normalized spacial score (nSPS) is 13.9. The lowest BCUT2D eigenvalue weighted by atomic mass is 9.99. The number of amides is 1. The summed E-state index contributed by atoms with van der Waals surface area (Å²) in [7, 11) is 5.79. The minimum Gasteiger partial charge on any atom is -0.480 e. The van der Waals surface area contributed by atoms with E-state index in [9.17, 15) is 9.59 Å². The minimum absolute atomic E-state index is 0.102. The van der Waals surface area contributed by atoms with Crippen LogP contribution < -0.4 is 15.5 Å². The van der Waals surface area contributed by atoms with Crippen molar-refractivity contribution in [3.05, 3.63) is 87.9 Å². The van der Waals surface area contributed by atoms with Gasteiger partial charge in [-0.2, -0.15) is 0 Å². The number of carbonyl (C=O) groups excluding carboxylic acids is 1. The van der Waals surface area contributed by atoms with Crippen LogP contribution in [0.4, 0.5) is 17.1 Å². The van der Waals surface area contributed by atoms with Crippen LogP contribution in [0.2, 0.25) is 0 Å². The molecule has 3 aromatic rings. The molecule has 0 aromatic heterocycles. The third-order valence-corrected chi connectivity index (χ3v) is 6.16. The average molecular weight is 535 g/mol. The molecule has 180 valence electrons. The zero-order chi connectivity index (χ0) is 25.1. The summed E-state index contributed by atoms with van der Waals surface area (Å²) in [6.45, 7) is 0.736. The summed E-state index contributed by atoms with van der Waals surface area (Å²) < 4.78 is 0.884. The summed E-state index contributed by atoms with van der Waals surface area (Å²) in [5.41, 5.74) is 6.43. The van der Waals surface area contributed by atoms with Crippen LogP contribution in [0.3, 0.4) is 0 Å². The molecule has 3 N–H and O–H groups in total. The molecule has 35 heavy (non-hydrogen) atoms. The van der Waals surface area contributed by atoms with Crippen LogP contribution in [0.5, 0.6) is 0 Å². The van der Waals surface area contributed by atoms with Crippen LogP contribution in [-0.4, -0.2) is 49.6 Å². The molecule has 4 rings (SSSR count). The van der Waals surface area contributed by atoms with Gasteiger partial charge in [-0.05, 0) is 61.6 Å². The quantitative estimate of drug-likeness (QED) is 0.354. The number of rotatable bonds is 8. The van der Waals surface area contributed by atoms with Gasteiger partial charge in [0, 0.05) is 35.0 Å². The number of carboxylic acid groups (broad SMARTS) is 1. The highest BCUT2D eigenvalue weighted by molar-refractivity contribution is 9.10. The maximum atomic E-state index is 13.1. The highest BCUT2D eigenvalue weighted by Crippen LogP contribution is 2.39. The maximum absolute atomic E-state index is 13.1. The standard InChI is InChI=1S/C27H27BrN4O3/c1-31(2)15-17-4-9-20(10-5-17)29-26(18-6-11-21(12-7-18)32(3)16-24(33)34)25-22-13-8-19(28)14-23(22)30-27(25)35/h4-14,29H,15-16H2,1-3H3,(H,30,35)(H,33,34). The molecule has 0 saturated heterocycles. The van der Waals surface area contributed by atoms with Crippen molar-refractivity contribution in [2.75, 3.05) is 43.2 Å². The SMILES string of the molecule is CN(C)Cc1ccc(NC(=C2C(=O)Nc3cc(Br)ccc32)c2ccc(N(C)CC(=O)O)cc2)cc1. The van der Waals surface area contributed by atoms with E-state index in [1.54, 1.807) is 11.9 Å². The van der Waals surface area contributed by atoms with Crippen molar-refractivity contribution in [3.8, 4) is 0 Å². The number of carboxylic acids is 1. The number of halogens is 1. The van der Waals surface area contributed by atoms with Crippen LogP contribution in [-0.2, 0) is 16.1 Å². The molecule has 0 aliphatic carbocycles. The second-order valence-corrected chi connectivity index (χ2v) is 9.67. The lowest BCUT2D eigenvalue weighted by molar-refractivity contribution is -0.135. The van der Waals surface area contributed by atoms with Crippen molar-refractivity contribution in [1.29, 1.82) is 0 Å². The Labute approximate surface area is 213 Å². The molecule has 0 fully saturated rings. The Hall–Kier alpha value is -3.62. The zero-order valence-corrected chi connectivity index (χ0v) is 21.4. The fourth-order valence-corrected chi connectivity index (χ4v) is 4.41. The van der Waals surface area contributed by atoms with Gasteiger partial charge in [0.25, 0.3) is 5.91 Å². The van der Waals surface area contributed by atoms with Crippen LogP contribution in [0, 0.1) is 0 Å². The van der Waals surface area contributed by atoms with Gasteiger partial charge >= 0.3 is 5.97 Å². The molecular formula is C27H27BrN4O3. The van der Waals surface area contributed by atoms with Gasteiger partial charge in [-0.3, -0.25) is 9.59 Å². The molecule has 1 aliphatic rings. The van der Waals surface area contributed by atoms with E-state index in [-0.39, 0.29) is 12.5 Å². The lowest BCUT2D eigenvalue weighted by Gasteiger charge is -2.19. The number of anilines is 3. The van der Waals surface area contributed by atoms with Crippen LogP contribution in [0.25, 0.3) is 11.3 Å². The van der Waals surface area contributed by atoms with E-state index < -0.39 is 5.97 Å². The first-order valence-corrected chi connectivity index (χ1v) is 11.9. The third kappa shape index (κ3) is 5.72. The zero-order valence-electron chi connectivity index (χ0n) is 19.8. The topological polar surface area (TPSA) is 84.9 Å². The lowest BCUT2D eigenvalue weighted by Crippen LogP contribution is -2.24. The molecule has 0 radical (unpaired) electrons. The van der Waals surface area contributed by atoms with E-state index in [0.29, 0.717) is 11.3 Å². The molecule has 7 nitrogen and oxygen atoms in total. The summed E-state index contributed by atoms with van der Waals surface area (Å²) >= 11 is 3.47. The Bertz CT molecular complexity index is 1280. The number of hydrogen-bond donors (Lipinski definition) is 3. The predicted octanol–water partition coefficient (Wildman–Crippen LogP) is 4.96. The van der Waals surface area contributed by atoms with Crippen molar-refractivity contribution in [2.24, 2.45) is 0 Å². The van der Waals surface area contributed by atoms with E-state index >= 15 is 0 Å². The number of carbonyl (C=O) groups is 2. The summed E-state index contributed by atoms with van der Waals surface area (Å²) in [6.07, 6.45) is 0. The van der Waals surface area contributed by atoms with Gasteiger partial charge in [-0.15, -0.1) is 0 Å². The van der Waals surface area contributed by atoms with Gasteiger partial charge in [0.2, 0.25) is 0 Å². The Morgan fingerprint density at radius 2 is 1.69 bits per heavy atom. The number of nitrogens with one attached hydrogen (secondary N) is 2. The molecule has 0 spiro atoms. The first-order chi connectivity index (χ1) is 16.7. The second-order valence-electron chi connectivity index (χ2n) is 8.75. The van der Waals surface area contributed by atoms with Gasteiger partial charge in [0.05, 0.1) is 17.0 Å². The number of hydrogen-bond acceptors (Lipinski definition) is 5. The molecule has 1 heterocycles. The van der Waals surface area contributed by atoms with Crippen molar-refractivity contribution in [1.82, 2.24) is 4.90 Å². The molecule has 3 aromatic carbocycles. The van der Waals surface area contributed by atoms with Crippen LogP contribution >= 0.6 is 15.9 Å². The number of fused-ring (bicyclic) bond motifs is 1. The number of benzene rings is 3. The van der Waals surface area contributed by atoms with Gasteiger partial charge < -0.3 is 25.5 Å². The summed E-state index contributed by atoms with van der Waals surface area (Å²) in [5, 5.41) is 15.5. The predicted molar refractivity (Wildman–Crippen MR) is 144 cm³/mol. The van der Waals surface area contributed by atoms with E-state index in [2.05, 4.69) is 43.6 Å². The van der Waals surface area contributed by atoms with Crippen LogP contribution in [0.15, 0.2) is 71.2 Å². The molecule has 0 bridgehead atoms. The van der Waals surface area contributed by atoms with Crippen molar-refractivity contribution >= 4 is 56.1 Å². The Balaban J connectivity index is 1.76. The van der Waals surface area contributed by atoms with Crippen molar-refractivity contribution in [3.63, 3.8) is 0 Å². The highest BCUT2D eigenvalue weighted by Gasteiger charge is 2.28. The summed E-state index contributed by atoms with van der Waals surface area (Å²) in [4.78, 5) is 28.0. The largest absolute Gasteiger partial charge is 0.480 e. The molecule has 0 unspecified atom stereocenters. The van der Waals surface area contributed by atoms with E-state index in [1.165, 1.54) is 5.56 Å². The van der Waals surface area contributed by atoms with Crippen molar-refractivity contribution < 1.29 is 14.7 Å². The van der Waals surface area contributed by atoms with E-state index in [4.69, 9.17) is 5.11 Å². The smallest absolute Gasteiger partial charge is 0.323 e. The fourth-order valence-electron chi connectivity index (χ4n) is 4.05. The van der Waals surface area contributed by atoms with Gasteiger partial charge in [0.1, 0.15) is 6.54 Å². The molecule has 1 amide bonds. The minimum atomic E-state index is -0.899. The summed E-state index contributed by atoms with van der Waals surface area (Å²) in [5.74, 6) is -1.08. The van der Waals surface area contributed by atoms with Gasteiger partial charge in [-0.25, -0.2) is 0 Å². The molecule has 8 heteroatoms. The fraction of sp³-hybridized carbons (Fsp3) is 0.185. The monoisotopic (exact) mass is 534 g/mol. The number of aliphatic carboxylic acids is 1. The summed E-state index contributed by atoms with van der Waals surface area (Å²) in [6, 6.07) is 21.4. The third-order valence-electron chi connectivity index (χ3n) is 5.67. The second kappa shape index (κ2) is 10.3. The Morgan fingerprint density at radius 3 is 2.31 bits per heavy atom. The number of likely N-dealkylation sites (N-methyl/N-ethyl adjacent to an activating group) is 1. The van der Waals surface area contributed by atoms with Crippen molar-refractivity contribution in [2.45, 2.75) is 6.54 Å². The molecule has 1 aliphatic heterocycles. The van der Waals surface area contributed by atoms with E-state index in [0.717, 1.165) is 39.2 Å².